The molecule has 5 heteroatoms. The van der Waals surface area contributed by atoms with Crippen LogP contribution in [0.2, 0.25) is 0 Å². The fourth-order valence-electron chi connectivity index (χ4n) is 3.41. The molecule has 0 aliphatic carbocycles. The Morgan fingerprint density at radius 1 is 0.750 bits per heavy atom. The summed E-state index contributed by atoms with van der Waals surface area (Å²) in [7, 11) is 4.86. The van der Waals surface area contributed by atoms with Crippen LogP contribution in [0.3, 0.4) is 0 Å². The van der Waals surface area contributed by atoms with Gasteiger partial charge in [0, 0.05) is 12.2 Å². The molecule has 0 saturated carbocycles. The van der Waals surface area contributed by atoms with Crippen molar-refractivity contribution in [2.75, 3.05) is 31.1 Å². The third-order valence-corrected chi connectivity index (χ3v) is 4.71. The Bertz CT molecular complexity index is 934. The first-order chi connectivity index (χ1) is 13.7. The molecule has 1 heterocycles. The molecule has 0 amide bonds. The Morgan fingerprint density at radius 2 is 1.36 bits per heavy atom. The summed E-state index contributed by atoms with van der Waals surface area (Å²) in [6, 6.07) is 22.4. The lowest BCUT2D eigenvalue weighted by molar-refractivity contribution is 0.324. The van der Waals surface area contributed by atoms with Crippen molar-refractivity contribution < 1.29 is 14.2 Å². The molecule has 1 aliphatic rings. The number of anilines is 3. The highest BCUT2D eigenvalue weighted by Crippen LogP contribution is 2.44. The number of ether oxygens (including phenoxy) is 3. The van der Waals surface area contributed by atoms with Crippen molar-refractivity contribution in [1.29, 1.82) is 0 Å². The van der Waals surface area contributed by atoms with E-state index in [1.807, 2.05) is 42.5 Å². The highest BCUT2D eigenvalue weighted by Gasteiger charge is 2.29. The van der Waals surface area contributed by atoms with E-state index >= 15 is 0 Å². The zero-order chi connectivity index (χ0) is 19.5. The molecule has 3 aromatic carbocycles. The van der Waals surface area contributed by atoms with Crippen molar-refractivity contribution in [3.8, 4) is 17.2 Å². The fourth-order valence-corrected chi connectivity index (χ4v) is 3.41. The maximum Gasteiger partial charge on any atom is 0.214 e. The minimum Gasteiger partial charge on any atom is -0.493 e. The average Bonchev–Trinajstić information content (AvgIpc) is 3.12. The van der Waals surface area contributed by atoms with Gasteiger partial charge in [0.2, 0.25) is 12.4 Å². The van der Waals surface area contributed by atoms with Crippen LogP contribution in [0.25, 0.3) is 0 Å². The minimum absolute atomic E-state index is 0.592. The van der Waals surface area contributed by atoms with Crippen molar-refractivity contribution in [2.24, 2.45) is 0 Å². The minimum atomic E-state index is 0.592. The summed E-state index contributed by atoms with van der Waals surface area (Å²) >= 11 is 0. The van der Waals surface area contributed by atoms with Crippen molar-refractivity contribution >= 4 is 17.1 Å². The summed E-state index contributed by atoms with van der Waals surface area (Å²) in [6.45, 7) is 4.10. The highest BCUT2D eigenvalue weighted by atomic mass is 16.5. The molecular weight excluding hydrogens is 352 g/mol. The third kappa shape index (κ3) is 3.20. The number of methoxy groups -OCH3 is 3. The van der Waals surface area contributed by atoms with E-state index in [2.05, 4.69) is 40.7 Å². The van der Waals surface area contributed by atoms with Gasteiger partial charge in [0.1, 0.15) is 0 Å². The van der Waals surface area contributed by atoms with Gasteiger partial charge in [0.05, 0.1) is 32.7 Å². The fraction of sp³-hybridized carbons (Fsp3) is 0.174. The van der Waals surface area contributed by atoms with Crippen molar-refractivity contribution in [3.05, 3.63) is 79.0 Å². The summed E-state index contributed by atoms with van der Waals surface area (Å²) in [5.41, 5.74) is 4.30. The quantitative estimate of drug-likeness (QED) is 0.615. The van der Waals surface area contributed by atoms with Gasteiger partial charge >= 0.3 is 0 Å². The molecule has 4 rings (SSSR count). The van der Waals surface area contributed by atoms with Crippen molar-refractivity contribution in [3.63, 3.8) is 0 Å². The second-order valence-electron chi connectivity index (χ2n) is 6.38. The molecule has 3 aromatic rings. The Hall–Kier alpha value is -3.34. The molecule has 0 spiro atoms. The summed E-state index contributed by atoms with van der Waals surface area (Å²) in [6.07, 6.45) is 0. The predicted molar refractivity (Wildman–Crippen MR) is 111 cm³/mol. The van der Waals surface area contributed by atoms with Gasteiger partial charge in [-0.2, -0.15) is 0 Å². The van der Waals surface area contributed by atoms with Crippen molar-refractivity contribution in [1.82, 2.24) is 0 Å². The smallest absolute Gasteiger partial charge is 0.214 e. The van der Waals surface area contributed by atoms with E-state index in [-0.39, 0.29) is 0 Å². The van der Waals surface area contributed by atoms with Gasteiger partial charge in [0.15, 0.2) is 11.5 Å². The molecule has 0 N–H and O–H groups in total. The zero-order valence-corrected chi connectivity index (χ0v) is 16.2. The van der Waals surface area contributed by atoms with Gasteiger partial charge in [0.25, 0.3) is 0 Å². The Labute approximate surface area is 165 Å². The molecule has 0 atom stereocenters. The van der Waals surface area contributed by atoms with E-state index in [9.17, 15) is 0 Å². The summed E-state index contributed by atoms with van der Waals surface area (Å²) in [4.78, 5) is 4.18. The van der Waals surface area contributed by atoms with Crippen LogP contribution in [0.4, 0.5) is 17.1 Å². The first-order valence-electron chi connectivity index (χ1n) is 9.02. The summed E-state index contributed by atoms with van der Waals surface area (Å²) < 4.78 is 16.4. The monoisotopic (exact) mass is 374 g/mol. The van der Waals surface area contributed by atoms with Crippen LogP contribution < -0.4 is 24.0 Å². The van der Waals surface area contributed by atoms with Crippen LogP contribution in [0, 0.1) is 6.67 Å². The molecule has 0 fully saturated rings. The number of benzene rings is 3. The SMILES string of the molecule is COc1cc(CN2[C]N(c3ccccc3)c3ccccc32)cc(OC)c1OC. The molecule has 28 heavy (non-hydrogen) atoms. The summed E-state index contributed by atoms with van der Waals surface area (Å²) in [5.74, 6) is 1.88. The molecular formula is C23H22N2O3. The summed E-state index contributed by atoms with van der Waals surface area (Å²) in [5, 5.41) is 0. The van der Waals surface area contributed by atoms with E-state index < -0.39 is 0 Å². The maximum absolute atomic E-state index is 5.49. The van der Waals surface area contributed by atoms with E-state index in [4.69, 9.17) is 14.2 Å². The van der Waals surface area contributed by atoms with E-state index in [1.165, 1.54) is 0 Å². The van der Waals surface area contributed by atoms with Crippen LogP contribution in [-0.4, -0.2) is 21.3 Å². The van der Waals surface area contributed by atoms with Gasteiger partial charge in [-0.1, -0.05) is 30.3 Å². The lowest BCUT2D eigenvalue weighted by Gasteiger charge is -2.21. The van der Waals surface area contributed by atoms with Crippen LogP contribution in [0.1, 0.15) is 5.56 Å². The lowest BCUT2D eigenvalue weighted by Crippen LogP contribution is -2.21. The van der Waals surface area contributed by atoms with Gasteiger partial charge in [-0.3, -0.25) is 0 Å². The number of para-hydroxylation sites is 3. The van der Waals surface area contributed by atoms with Crippen LogP contribution in [-0.2, 0) is 6.54 Å². The van der Waals surface area contributed by atoms with E-state index in [0.29, 0.717) is 23.8 Å². The zero-order valence-electron chi connectivity index (χ0n) is 16.2. The molecule has 1 aliphatic heterocycles. The molecule has 0 bridgehead atoms. The average molecular weight is 374 g/mol. The Kier molecular flexibility index (Phi) is 4.98. The first-order valence-corrected chi connectivity index (χ1v) is 9.02. The van der Waals surface area contributed by atoms with Crippen LogP contribution >= 0.6 is 0 Å². The number of hydrogen-bond acceptors (Lipinski definition) is 5. The maximum atomic E-state index is 5.49. The second kappa shape index (κ2) is 7.72. The first kappa shape index (κ1) is 18.0. The Balaban J connectivity index is 1.68. The normalized spacial score (nSPS) is 12.7. The van der Waals surface area contributed by atoms with E-state index in [0.717, 1.165) is 22.6 Å². The predicted octanol–water partition coefficient (Wildman–Crippen LogP) is 4.87. The van der Waals surface area contributed by atoms with Gasteiger partial charge in [-0.15, -0.1) is 0 Å². The number of rotatable bonds is 6. The topological polar surface area (TPSA) is 34.2 Å². The van der Waals surface area contributed by atoms with Crippen molar-refractivity contribution in [2.45, 2.75) is 6.54 Å². The van der Waals surface area contributed by atoms with Gasteiger partial charge in [-0.05, 0) is 42.0 Å². The number of fused-ring (bicyclic) bond motifs is 1. The number of nitrogens with zero attached hydrogens (tertiary/aromatic N) is 2. The molecule has 0 saturated heterocycles. The largest absolute Gasteiger partial charge is 0.493 e. The second-order valence-corrected chi connectivity index (χ2v) is 6.38. The molecule has 5 nitrogen and oxygen atoms in total. The standard InChI is InChI=1S/C23H22N2O3/c1-26-21-13-17(14-22(27-2)23(21)28-3)15-24-16-25(18-9-5-4-6-10-18)20-12-8-7-11-19(20)24/h4-14H,15H2,1-3H3. The number of hydrogen-bond donors (Lipinski definition) is 0. The third-order valence-electron chi connectivity index (χ3n) is 4.71. The molecule has 0 unspecified atom stereocenters. The lowest BCUT2D eigenvalue weighted by atomic mass is 10.1. The van der Waals surface area contributed by atoms with Crippen LogP contribution in [0.5, 0.6) is 17.2 Å². The Morgan fingerprint density at radius 3 is 1.96 bits per heavy atom. The van der Waals surface area contributed by atoms with Gasteiger partial charge < -0.3 is 24.0 Å². The molecule has 2 radical (unpaired) electrons. The van der Waals surface area contributed by atoms with Crippen LogP contribution in [0.15, 0.2) is 66.7 Å². The van der Waals surface area contributed by atoms with Gasteiger partial charge in [-0.25, -0.2) is 0 Å². The molecule has 142 valence electrons. The van der Waals surface area contributed by atoms with E-state index in [1.54, 1.807) is 21.3 Å². The molecule has 0 aromatic heterocycles. The highest BCUT2D eigenvalue weighted by molar-refractivity contribution is 5.84.